The second-order valence-corrected chi connectivity index (χ2v) is 5.30. The molecule has 1 amide bonds. The molecule has 0 bridgehead atoms. The van der Waals surface area contributed by atoms with Crippen LogP contribution in [0.25, 0.3) is 10.9 Å². The Morgan fingerprint density at radius 2 is 1.91 bits per heavy atom. The molecule has 23 heavy (non-hydrogen) atoms. The van der Waals surface area contributed by atoms with Crippen LogP contribution in [-0.2, 0) is 0 Å². The normalized spacial score (nSPS) is 10.3. The zero-order valence-corrected chi connectivity index (χ0v) is 12.5. The van der Waals surface area contributed by atoms with Crippen LogP contribution in [0.3, 0.4) is 0 Å². The quantitative estimate of drug-likeness (QED) is 0.758. The van der Waals surface area contributed by atoms with E-state index in [1.807, 2.05) is 6.07 Å². The van der Waals surface area contributed by atoms with Gasteiger partial charge in [-0.3, -0.25) is 9.59 Å². The molecular weight excluding hydrogens is 314 g/mol. The summed E-state index contributed by atoms with van der Waals surface area (Å²) >= 11 is 5.88. The van der Waals surface area contributed by atoms with Crippen molar-refractivity contribution in [1.29, 1.82) is 5.26 Å². The lowest BCUT2D eigenvalue weighted by Gasteiger charge is -2.06. The van der Waals surface area contributed by atoms with E-state index < -0.39 is 5.91 Å². The molecule has 0 spiro atoms. The predicted octanol–water partition coefficient (Wildman–Crippen LogP) is 3.31. The number of nitrogens with zero attached hydrogens (tertiary/aromatic N) is 1. The van der Waals surface area contributed by atoms with Gasteiger partial charge in [0.2, 0.25) is 5.43 Å². The van der Waals surface area contributed by atoms with Crippen LogP contribution < -0.4 is 10.7 Å². The number of aromatic nitrogens is 1. The first kappa shape index (κ1) is 14.8. The van der Waals surface area contributed by atoms with Gasteiger partial charge in [-0.2, -0.15) is 5.26 Å². The summed E-state index contributed by atoms with van der Waals surface area (Å²) in [6.45, 7) is 0. The number of amides is 1. The number of halogens is 1. The molecule has 2 N–H and O–H groups in total. The van der Waals surface area contributed by atoms with Gasteiger partial charge >= 0.3 is 0 Å². The van der Waals surface area contributed by atoms with Gasteiger partial charge in [0.05, 0.1) is 17.1 Å². The Balaban J connectivity index is 1.94. The maximum atomic E-state index is 12.4. The monoisotopic (exact) mass is 323 g/mol. The van der Waals surface area contributed by atoms with Crippen LogP contribution in [0.5, 0.6) is 0 Å². The molecule has 1 heterocycles. The van der Waals surface area contributed by atoms with Crippen molar-refractivity contribution < 1.29 is 4.79 Å². The minimum atomic E-state index is -0.521. The molecule has 3 rings (SSSR count). The van der Waals surface area contributed by atoms with Crippen molar-refractivity contribution in [2.24, 2.45) is 0 Å². The highest BCUT2D eigenvalue weighted by Gasteiger charge is 2.13. The van der Waals surface area contributed by atoms with Crippen molar-refractivity contribution in [3.05, 3.63) is 75.0 Å². The van der Waals surface area contributed by atoms with E-state index in [1.54, 1.807) is 42.5 Å². The summed E-state index contributed by atoms with van der Waals surface area (Å²) in [7, 11) is 0. The number of hydrogen-bond acceptors (Lipinski definition) is 3. The number of nitrogens with one attached hydrogen (secondary N) is 2. The number of rotatable bonds is 2. The lowest BCUT2D eigenvalue weighted by atomic mass is 10.1. The standard InChI is InChI=1S/C17H10ClN3O2/c18-11-3-6-13-15(7-11)20-9-14(16(13)22)17(23)21-12-4-1-10(8-19)2-5-12/h1-7,9H,(H,20,22)(H,21,23). The molecule has 0 aliphatic rings. The van der Waals surface area contributed by atoms with Crippen molar-refractivity contribution in [2.75, 3.05) is 5.32 Å². The molecule has 0 aliphatic carbocycles. The molecule has 112 valence electrons. The molecule has 0 saturated carbocycles. The van der Waals surface area contributed by atoms with Gasteiger partial charge in [0.1, 0.15) is 5.56 Å². The van der Waals surface area contributed by atoms with Crippen LogP contribution in [0.1, 0.15) is 15.9 Å². The Morgan fingerprint density at radius 1 is 1.17 bits per heavy atom. The average Bonchev–Trinajstić information content (AvgIpc) is 2.55. The van der Waals surface area contributed by atoms with Gasteiger partial charge in [0, 0.05) is 22.3 Å². The van der Waals surface area contributed by atoms with Gasteiger partial charge in [0.15, 0.2) is 0 Å². The van der Waals surface area contributed by atoms with E-state index >= 15 is 0 Å². The predicted molar refractivity (Wildman–Crippen MR) is 88.7 cm³/mol. The highest BCUT2D eigenvalue weighted by Crippen LogP contribution is 2.16. The molecule has 0 atom stereocenters. The number of anilines is 1. The highest BCUT2D eigenvalue weighted by molar-refractivity contribution is 6.31. The minimum Gasteiger partial charge on any atom is -0.360 e. The molecule has 2 aromatic carbocycles. The second-order valence-electron chi connectivity index (χ2n) is 4.86. The zero-order chi connectivity index (χ0) is 16.4. The first-order chi connectivity index (χ1) is 11.1. The van der Waals surface area contributed by atoms with E-state index in [0.29, 0.717) is 27.2 Å². The number of carbonyl (C=O) groups excluding carboxylic acids is 1. The molecule has 6 heteroatoms. The van der Waals surface area contributed by atoms with E-state index in [-0.39, 0.29) is 11.0 Å². The highest BCUT2D eigenvalue weighted by atomic mass is 35.5. The Bertz CT molecular complexity index is 1000. The van der Waals surface area contributed by atoms with E-state index in [9.17, 15) is 9.59 Å². The van der Waals surface area contributed by atoms with Crippen LogP contribution in [0, 0.1) is 11.3 Å². The van der Waals surface area contributed by atoms with E-state index in [1.165, 1.54) is 6.20 Å². The number of hydrogen-bond donors (Lipinski definition) is 2. The van der Waals surface area contributed by atoms with Crippen LogP contribution >= 0.6 is 11.6 Å². The maximum absolute atomic E-state index is 12.4. The minimum absolute atomic E-state index is 0.00387. The smallest absolute Gasteiger partial charge is 0.261 e. The van der Waals surface area contributed by atoms with Crippen molar-refractivity contribution in [3.63, 3.8) is 0 Å². The number of pyridine rings is 1. The Hall–Kier alpha value is -3.10. The lowest BCUT2D eigenvalue weighted by Crippen LogP contribution is -2.21. The van der Waals surface area contributed by atoms with Crippen LogP contribution in [-0.4, -0.2) is 10.9 Å². The fraction of sp³-hybridized carbons (Fsp3) is 0. The van der Waals surface area contributed by atoms with Crippen LogP contribution in [0.2, 0.25) is 5.02 Å². The van der Waals surface area contributed by atoms with Gasteiger partial charge in [-0.25, -0.2) is 0 Å². The third-order valence-corrected chi connectivity index (χ3v) is 3.59. The second kappa shape index (κ2) is 5.95. The first-order valence-corrected chi connectivity index (χ1v) is 7.09. The molecule has 0 saturated heterocycles. The summed E-state index contributed by atoms with van der Waals surface area (Å²) in [6.07, 6.45) is 1.36. The average molecular weight is 324 g/mol. The first-order valence-electron chi connectivity index (χ1n) is 6.71. The molecule has 0 unspecified atom stereocenters. The third-order valence-electron chi connectivity index (χ3n) is 3.36. The van der Waals surface area contributed by atoms with Gasteiger partial charge in [-0.15, -0.1) is 0 Å². The fourth-order valence-electron chi connectivity index (χ4n) is 2.19. The van der Waals surface area contributed by atoms with Gasteiger partial charge < -0.3 is 10.3 Å². The Labute approximate surface area is 136 Å². The number of nitriles is 1. The lowest BCUT2D eigenvalue weighted by molar-refractivity contribution is 0.102. The van der Waals surface area contributed by atoms with Gasteiger partial charge in [0.25, 0.3) is 5.91 Å². The molecule has 0 aliphatic heterocycles. The van der Waals surface area contributed by atoms with Crippen LogP contribution in [0.15, 0.2) is 53.5 Å². The number of carbonyl (C=O) groups is 1. The molecule has 3 aromatic rings. The molecule has 0 fully saturated rings. The number of benzene rings is 2. The van der Waals surface area contributed by atoms with E-state index in [4.69, 9.17) is 16.9 Å². The topological polar surface area (TPSA) is 85.8 Å². The molecule has 0 radical (unpaired) electrons. The molecule has 5 nitrogen and oxygen atoms in total. The molecular formula is C17H10ClN3O2. The third kappa shape index (κ3) is 2.93. The van der Waals surface area contributed by atoms with Crippen molar-refractivity contribution in [3.8, 4) is 6.07 Å². The molecule has 1 aromatic heterocycles. The SMILES string of the molecule is N#Cc1ccc(NC(=O)c2c[nH]c3cc(Cl)ccc3c2=O)cc1. The number of aromatic amines is 1. The van der Waals surface area contributed by atoms with E-state index in [0.717, 1.165) is 0 Å². The van der Waals surface area contributed by atoms with Crippen molar-refractivity contribution in [1.82, 2.24) is 4.98 Å². The summed E-state index contributed by atoms with van der Waals surface area (Å²) < 4.78 is 0. The Morgan fingerprint density at radius 3 is 2.61 bits per heavy atom. The maximum Gasteiger partial charge on any atom is 0.261 e. The summed E-state index contributed by atoms with van der Waals surface area (Å²) in [6, 6.07) is 13.2. The van der Waals surface area contributed by atoms with Crippen molar-refractivity contribution in [2.45, 2.75) is 0 Å². The summed E-state index contributed by atoms with van der Waals surface area (Å²) in [5.41, 5.74) is 1.19. The van der Waals surface area contributed by atoms with Crippen molar-refractivity contribution >= 4 is 34.1 Å². The number of fused-ring (bicyclic) bond motifs is 1. The zero-order valence-electron chi connectivity index (χ0n) is 11.8. The van der Waals surface area contributed by atoms with Gasteiger partial charge in [-0.05, 0) is 42.5 Å². The largest absolute Gasteiger partial charge is 0.360 e. The number of H-pyrrole nitrogens is 1. The van der Waals surface area contributed by atoms with E-state index in [2.05, 4.69) is 10.3 Å². The van der Waals surface area contributed by atoms with Crippen LogP contribution in [0.4, 0.5) is 5.69 Å². The summed E-state index contributed by atoms with van der Waals surface area (Å²) in [5.74, 6) is -0.521. The summed E-state index contributed by atoms with van der Waals surface area (Å²) in [5, 5.41) is 12.3. The van der Waals surface area contributed by atoms with Gasteiger partial charge in [-0.1, -0.05) is 11.6 Å². The fourth-order valence-corrected chi connectivity index (χ4v) is 2.36. The Kier molecular flexibility index (Phi) is 3.83. The summed E-state index contributed by atoms with van der Waals surface area (Å²) in [4.78, 5) is 27.6.